The molecule has 2 aromatic rings. The number of ether oxygens (including phenoxy) is 1. The molecule has 0 amide bonds. The van der Waals surface area contributed by atoms with Gasteiger partial charge >= 0.3 is 0 Å². The second-order valence-corrected chi connectivity index (χ2v) is 3.49. The predicted octanol–water partition coefficient (Wildman–Crippen LogP) is 2.07. The van der Waals surface area contributed by atoms with Gasteiger partial charge in [0.1, 0.15) is 5.75 Å². The van der Waals surface area contributed by atoms with E-state index in [1.807, 2.05) is 25.3 Å². The first-order valence-electron chi connectivity index (χ1n) is 5.28. The van der Waals surface area contributed by atoms with Gasteiger partial charge in [0.05, 0.1) is 6.61 Å². The quantitative estimate of drug-likeness (QED) is 0.801. The van der Waals surface area contributed by atoms with Gasteiger partial charge in [0.2, 0.25) is 0 Å². The molecule has 0 fully saturated rings. The number of aromatic nitrogens is 1. The fraction of sp³-hybridized carbons (Fsp3) is 0.333. The van der Waals surface area contributed by atoms with E-state index in [4.69, 9.17) is 10.5 Å². The summed E-state index contributed by atoms with van der Waals surface area (Å²) in [6.07, 6.45) is 2.93. The summed E-state index contributed by atoms with van der Waals surface area (Å²) < 4.78 is 5.44. The van der Waals surface area contributed by atoms with Gasteiger partial charge in [-0.1, -0.05) is 0 Å². The molecule has 3 heteroatoms. The highest BCUT2D eigenvalue weighted by Gasteiger charge is 2.03. The molecular formula is C12H16N2O. The van der Waals surface area contributed by atoms with E-state index in [0.29, 0.717) is 13.2 Å². The minimum atomic E-state index is 0.681. The summed E-state index contributed by atoms with van der Waals surface area (Å²) >= 11 is 0. The number of benzene rings is 1. The summed E-state index contributed by atoms with van der Waals surface area (Å²) in [5.74, 6) is 0.908. The van der Waals surface area contributed by atoms with Crippen molar-refractivity contribution in [3.8, 4) is 5.75 Å². The lowest BCUT2D eigenvalue weighted by atomic mass is 10.1. The summed E-state index contributed by atoms with van der Waals surface area (Å²) in [5.41, 5.74) is 7.94. The lowest BCUT2D eigenvalue weighted by Crippen LogP contribution is -2.01. The van der Waals surface area contributed by atoms with Crippen molar-refractivity contribution in [2.24, 2.45) is 5.73 Å². The van der Waals surface area contributed by atoms with E-state index in [2.05, 4.69) is 11.1 Å². The molecule has 1 aromatic heterocycles. The molecule has 0 atom stereocenters. The molecule has 0 radical (unpaired) electrons. The van der Waals surface area contributed by atoms with Crippen LogP contribution in [0.4, 0.5) is 0 Å². The Morgan fingerprint density at radius 1 is 1.40 bits per heavy atom. The first kappa shape index (κ1) is 10.1. The minimum Gasteiger partial charge on any atom is -0.494 e. The number of aromatic amines is 1. The highest BCUT2D eigenvalue weighted by molar-refractivity contribution is 5.84. The molecule has 3 N–H and O–H groups in total. The van der Waals surface area contributed by atoms with Crippen molar-refractivity contribution >= 4 is 10.9 Å². The monoisotopic (exact) mass is 204 g/mol. The third-order valence-corrected chi connectivity index (χ3v) is 2.46. The van der Waals surface area contributed by atoms with Gasteiger partial charge in [-0.05, 0) is 37.6 Å². The Morgan fingerprint density at radius 3 is 3.00 bits per heavy atom. The van der Waals surface area contributed by atoms with Gasteiger partial charge in [0, 0.05) is 23.2 Å². The van der Waals surface area contributed by atoms with Crippen LogP contribution in [-0.4, -0.2) is 18.1 Å². The molecule has 2 rings (SSSR count). The molecule has 1 aromatic carbocycles. The van der Waals surface area contributed by atoms with E-state index < -0.39 is 0 Å². The molecule has 0 unspecified atom stereocenters. The van der Waals surface area contributed by atoms with E-state index in [1.165, 1.54) is 10.9 Å². The number of hydrogen-bond acceptors (Lipinski definition) is 2. The summed E-state index contributed by atoms with van der Waals surface area (Å²) in [7, 11) is 0. The molecule has 0 saturated heterocycles. The number of nitrogens with one attached hydrogen (secondary N) is 1. The van der Waals surface area contributed by atoms with Crippen molar-refractivity contribution in [3.63, 3.8) is 0 Å². The van der Waals surface area contributed by atoms with Crippen molar-refractivity contribution in [2.45, 2.75) is 13.3 Å². The van der Waals surface area contributed by atoms with Gasteiger partial charge in [-0.25, -0.2) is 0 Å². The third kappa shape index (κ3) is 1.97. The minimum absolute atomic E-state index is 0.681. The number of nitrogens with two attached hydrogens (primary N) is 1. The molecule has 0 bridgehead atoms. The molecule has 0 aliphatic carbocycles. The fourth-order valence-corrected chi connectivity index (χ4v) is 1.78. The van der Waals surface area contributed by atoms with Gasteiger partial charge in [-0.3, -0.25) is 0 Å². The van der Waals surface area contributed by atoms with Crippen molar-refractivity contribution in [1.29, 1.82) is 0 Å². The van der Waals surface area contributed by atoms with Crippen molar-refractivity contribution < 1.29 is 4.74 Å². The largest absolute Gasteiger partial charge is 0.494 e. The van der Waals surface area contributed by atoms with E-state index >= 15 is 0 Å². The van der Waals surface area contributed by atoms with Crippen molar-refractivity contribution in [2.75, 3.05) is 13.2 Å². The molecule has 1 heterocycles. The first-order valence-corrected chi connectivity index (χ1v) is 5.28. The molecule has 0 spiro atoms. The first-order chi connectivity index (χ1) is 7.35. The highest BCUT2D eigenvalue weighted by Crippen LogP contribution is 2.23. The van der Waals surface area contributed by atoms with Crippen LogP contribution in [0.5, 0.6) is 5.75 Å². The van der Waals surface area contributed by atoms with E-state index in [0.717, 1.165) is 17.7 Å². The van der Waals surface area contributed by atoms with Gasteiger partial charge < -0.3 is 15.5 Å². The van der Waals surface area contributed by atoms with Crippen LogP contribution in [0.25, 0.3) is 10.9 Å². The Morgan fingerprint density at radius 2 is 2.27 bits per heavy atom. The average Bonchev–Trinajstić information content (AvgIpc) is 2.62. The number of H-pyrrole nitrogens is 1. The fourth-order valence-electron chi connectivity index (χ4n) is 1.78. The number of fused-ring (bicyclic) bond motifs is 1. The molecule has 0 aliphatic heterocycles. The molecule has 0 aliphatic rings. The standard InChI is InChI=1S/C12H16N2O/c1-2-15-10-3-4-11-9(5-6-13)8-14-12(11)7-10/h3-4,7-8,14H,2,5-6,13H2,1H3. The highest BCUT2D eigenvalue weighted by atomic mass is 16.5. The van der Waals surface area contributed by atoms with Crippen LogP contribution < -0.4 is 10.5 Å². The maximum absolute atomic E-state index is 5.55. The van der Waals surface area contributed by atoms with Gasteiger partial charge in [0.25, 0.3) is 0 Å². The second-order valence-electron chi connectivity index (χ2n) is 3.49. The lowest BCUT2D eigenvalue weighted by Gasteiger charge is -2.02. The Kier molecular flexibility index (Phi) is 2.92. The van der Waals surface area contributed by atoms with Gasteiger partial charge in [0.15, 0.2) is 0 Å². The van der Waals surface area contributed by atoms with Crippen LogP contribution >= 0.6 is 0 Å². The van der Waals surface area contributed by atoms with Crippen molar-refractivity contribution in [1.82, 2.24) is 4.98 Å². The summed E-state index contributed by atoms with van der Waals surface area (Å²) in [6.45, 7) is 3.36. The zero-order valence-electron chi connectivity index (χ0n) is 8.92. The van der Waals surface area contributed by atoms with Crippen molar-refractivity contribution in [3.05, 3.63) is 30.0 Å². The normalized spacial score (nSPS) is 10.8. The Labute approximate surface area is 89.2 Å². The van der Waals surface area contributed by atoms with E-state index in [9.17, 15) is 0 Å². The topological polar surface area (TPSA) is 51.0 Å². The predicted molar refractivity (Wildman–Crippen MR) is 62.2 cm³/mol. The van der Waals surface area contributed by atoms with Crippen LogP contribution in [0, 0.1) is 0 Å². The number of hydrogen-bond donors (Lipinski definition) is 2. The van der Waals surface area contributed by atoms with Crippen LogP contribution in [-0.2, 0) is 6.42 Å². The molecule has 3 nitrogen and oxygen atoms in total. The maximum atomic E-state index is 5.55. The van der Waals surface area contributed by atoms with Crippen LogP contribution in [0.3, 0.4) is 0 Å². The summed E-state index contributed by atoms with van der Waals surface area (Å²) in [6, 6.07) is 6.11. The average molecular weight is 204 g/mol. The molecule has 0 saturated carbocycles. The van der Waals surface area contributed by atoms with Crippen LogP contribution in [0.15, 0.2) is 24.4 Å². The summed E-state index contributed by atoms with van der Waals surface area (Å²) in [4.78, 5) is 3.24. The van der Waals surface area contributed by atoms with E-state index in [1.54, 1.807) is 0 Å². The maximum Gasteiger partial charge on any atom is 0.121 e. The lowest BCUT2D eigenvalue weighted by molar-refractivity contribution is 0.340. The van der Waals surface area contributed by atoms with Crippen LogP contribution in [0.2, 0.25) is 0 Å². The van der Waals surface area contributed by atoms with Crippen LogP contribution in [0.1, 0.15) is 12.5 Å². The Bertz CT molecular complexity index is 448. The Balaban J connectivity index is 2.38. The molecule has 15 heavy (non-hydrogen) atoms. The number of rotatable bonds is 4. The zero-order valence-corrected chi connectivity index (χ0v) is 8.92. The Hall–Kier alpha value is -1.48. The summed E-state index contributed by atoms with van der Waals surface area (Å²) in [5, 5.41) is 1.24. The zero-order chi connectivity index (χ0) is 10.7. The SMILES string of the molecule is CCOc1ccc2c(CCN)c[nH]c2c1. The van der Waals surface area contributed by atoms with Gasteiger partial charge in [-0.2, -0.15) is 0 Å². The molecular weight excluding hydrogens is 188 g/mol. The third-order valence-electron chi connectivity index (χ3n) is 2.46. The smallest absolute Gasteiger partial charge is 0.121 e. The van der Waals surface area contributed by atoms with E-state index in [-0.39, 0.29) is 0 Å². The van der Waals surface area contributed by atoms with Gasteiger partial charge in [-0.15, -0.1) is 0 Å². The second kappa shape index (κ2) is 4.36. The molecule has 80 valence electrons.